The average molecular weight is 310 g/mol. The lowest BCUT2D eigenvalue weighted by atomic mass is 9.77. The van der Waals surface area contributed by atoms with E-state index in [1.165, 1.54) is 32.1 Å². The predicted octanol–water partition coefficient (Wildman–Crippen LogP) is 4.71. The van der Waals surface area contributed by atoms with E-state index < -0.39 is 10.1 Å². The SMILES string of the molecule is CCCCC1CCC(c2cc(C)ccc2S(=O)(=O)O)CC1. The maximum absolute atomic E-state index is 11.6. The first kappa shape index (κ1) is 16.5. The van der Waals surface area contributed by atoms with E-state index in [0.29, 0.717) is 0 Å². The van der Waals surface area contributed by atoms with Gasteiger partial charge in [0.25, 0.3) is 10.1 Å². The van der Waals surface area contributed by atoms with E-state index in [4.69, 9.17) is 0 Å². The Labute approximate surface area is 128 Å². The number of benzene rings is 1. The van der Waals surface area contributed by atoms with Crippen molar-refractivity contribution in [2.45, 2.75) is 69.6 Å². The van der Waals surface area contributed by atoms with Crippen LogP contribution >= 0.6 is 0 Å². The highest BCUT2D eigenvalue weighted by atomic mass is 32.2. The van der Waals surface area contributed by atoms with Crippen LogP contribution in [0.25, 0.3) is 0 Å². The van der Waals surface area contributed by atoms with E-state index >= 15 is 0 Å². The van der Waals surface area contributed by atoms with Gasteiger partial charge in [-0.05, 0) is 56.1 Å². The zero-order chi connectivity index (χ0) is 15.5. The summed E-state index contributed by atoms with van der Waals surface area (Å²) in [5.74, 6) is 1.06. The van der Waals surface area contributed by atoms with Gasteiger partial charge in [0.2, 0.25) is 0 Å². The molecule has 0 aliphatic heterocycles. The number of aryl methyl sites for hydroxylation is 1. The normalized spacial score (nSPS) is 23.2. The second-order valence-electron chi connectivity index (χ2n) is 6.38. The molecule has 0 amide bonds. The molecule has 21 heavy (non-hydrogen) atoms. The molecule has 0 radical (unpaired) electrons. The van der Waals surface area contributed by atoms with Crippen molar-refractivity contribution in [3.63, 3.8) is 0 Å². The monoisotopic (exact) mass is 310 g/mol. The van der Waals surface area contributed by atoms with Gasteiger partial charge in [-0.15, -0.1) is 0 Å². The quantitative estimate of drug-likeness (QED) is 0.802. The van der Waals surface area contributed by atoms with E-state index in [-0.39, 0.29) is 10.8 Å². The summed E-state index contributed by atoms with van der Waals surface area (Å²) in [6.07, 6.45) is 8.22. The zero-order valence-corrected chi connectivity index (χ0v) is 13.8. The minimum atomic E-state index is -4.13. The maximum atomic E-state index is 11.6. The van der Waals surface area contributed by atoms with Crippen LogP contribution in [0.15, 0.2) is 23.1 Å². The van der Waals surface area contributed by atoms with Crippen molar-refractivity contribution in [3.8, 4) is 0 Å². The first-order valence-corrected chi connectivity index (χ1v) is 9.44. The van der Waals surface area contributed by atoms with Crippen molar-refractivity contribution in [2.24, 2.45) is 5.92 Å². The van der Waals surface area contributed by atoms with Crippen molar-refractivity contribution >= 4 is 10.1 Å². The minimum absolute atomic E-state index is 0.102. The van der Waals surface area contributed by atoms with Crippen LogP contribution < -0.4 is 0 Å². The lowest BCUT2D eigenvalue weighted by molar-refractivity contribution is 0.302. The van der Waals surface area contributed by atoms with Crippen molar-refractivity contribution in [3.05, 3.63) is 29.3 Å². The molecule has 0 spiro atoms. The molecule has 3 nitrogen and oxygen atoms in total. The topological polar surface area (TPSA) is 54.4 Å². The molecule has 0 bridgehead atoms. The highest BCUT2D eigenvalue weighted by molar-refractivity contribution is 7.85. The van der Waals surface area contributed by atoms with Gasteiger partial charge in [-0.25, -0.2) is 0 Å². The van der Waals surface area contributed by atoms with Gasteiger partial charge in [-0.2, -0.15) is 8.42 Å². The van der Waals surface area contributed by atoms with E-state index in [9.17, 15) is 13.0 Å². The van der Waals surface area contributed by atoms with Crippen LogP contribution in [0.4, 0.5) is 0 Å². The largest absolute Gasteiger partial charge is 0.294 e. The van der Waals surface area contributed by atoms with Crippen molar-refractivity contribution in [1.29, 1.82) is 0 Å². The molecular formula is C17H26O3S. The van der Waals surface area contributed by atoms with Gasteiger partial charge < -0.3 is 0 Å². The van der Waals surface area contributed by atoms with Gasteiger partial charge in [-0.1, -0.05) is 43.9 Å². The summed E-state index contributed by atoms with van der Waals surface area (Å²) in [5.41, 5.74) is 1.86. The van der Waals surface area contributed by atoms with Gasteiger partial charge in [0.05, 0.1) is 4.90 Å². The summed E-state index contributed by atoms with van der Waals surface area (Å²) in [6.45, 7) is 4.18. The maximum Gasteiger partial charge on any atom is 0.294 e. The third-order valence-electron chi connectivity index (χ3n) is 4.70. The Morgan fingerprint density at radius 2 is 1.86 bits per heavy atom. The predicted molar refractivity (Wildman–Crippen MR) is 85.2 cm³/mol. The lowest BCUT2D eigenvalue weighted by Gasteiger charge is -2.29. The molecule has 1 saturated carbocycles. The summed E-state index contributed by atoms with van der Waals surface area (Å²) in [5, 5.41) is 0. The molecule has 1 aromatic rings. The first-order chi connectivity index (χ1) is 9.91. The van der Waals surface area contributed by atoms with Crippen LogP contribution in [0.3, 0.4) is 0 Å². The van der Waals surface area contributed by atoms with Crippen LogP contribution in [0.5, 0.6) is 0 Å². The zero-order valence-electron chi connectivity index (χ0n) is 13.0. The van der Waals surface area contributed by atoms with E-state index in [2.05, 4.69) is 6.92 Å². The Morgan fingerprint density at radius 1 is 1.19 bits per heavy atom. The Morgan fingerprint density at radius 3 is 2.43 bits per heavy atom. The fourth-order valence-electron chi connectivity index (χ4n) is 3.48. The van der Waals surface area contributed by atoms with Gasteiger partial charge in [0.15, 0.2) is 0 Å². The summed E-state index contributed by atoms with van der Waals surface area (Å²) in [6, 6.07) is 5.22. The third kappa shape index (κ3) is 4.30. The van der Waals surface area contributed by atoms with Gasteiger partial charge in [0, 0.05) is 0 Å². The average Bonchev–Trinajstić information content (AvgIpc) is 2.44. The molecular weight excluding hydrogens is 284 g/mol. The highest BCUT2D eigenvalue weighted by Gasteiger charge is 2.26. The van der Waals surface area contributed by atoms with Crippen molar-refractivity contribution in [2.75, 3.05) is 0 Å². The molecule has 1 N–H and O–H groups in total. The van der Waals surface area contributed by atoms with E-state index in [1.54, 1.807) is 12.1 Å². The molecule has 0 unspecified atom stereocenters. The molecule has 1 aliphatic carbocycles. The van der Waals surface area contributed by atoms with Crippen molar-refractivity contribution in [1.82, 2.24) is 0 Å². The lowest BCUT2D eigenvalue weighted by Crippen LogP contribution is -2.16. The molecule has 0 aromatic heterocycles. The molecule has 4 heteroatoms. The van der Waals surface area contributed by atoms with E-state index in [1.807, 2.05) is 13.0 Å². The van der Waals surface area contributed by atoms with Crippen LogP contribution in [0.1, 0.15) is 68.9 Å². The summed E-state index contributed by atoms with van der Waals surface area (Å²) >= 11 is 0. The Kier molecular flexibility index (Phi) is 5.44. The molecule has 1 fully saturated rings. The summed E-state index contributed by atoms with van der Waals surface area (Å²) in [4.78, 5) is 0.102. The van der Waals surface area contributed by atoms with Gasteiger partial charge in [-0.3, -0.25) is 4.55 Å². The van der Waals surface area contributed by atoms with Crippen LogP contribution in [0.2, 0.25) is 0 Å². The molecule has 118 valence electrons. The third-order valence-corrected chi connectivity index (χ3v) is 5.62. The Bertz CT molecular complexity index is 570. The van der Waals surface area contributed by atoms with E-state index in [0.717, 1.165) is 29.9 Å². The molecule has 2 rings (SSSR count). The smallest absolute Gasteiger partial charge is 0.282 e. The summed E-state index contributed by atoms with van der Waals surface area (Å²) in [7, 11) is -4.13. The molecule has 0 saturated heterocycles. The Hall–Kier alpha value is -0.870. The van der Waals surface area contributed by atoms with Crippen molar-refractivity contribution < 1.29 is 13.0 Å². The molecule has 1 aliphatic rings. The standard InChI is InChI=1S/C17H26O3S/c1-3-4-5-14-7-9-15(10-8-14)16-12-13(2)6-11-17(16)21(18,19)20/h6,11-12,14-15H,3-5,7-10H2,1-2H3,(H,18,19,20). The number of hydrogen-bond acceptors (Lipinski definition) is 2. The van der Waals surface area contributed by atoms with Crippen LogP contribution in [-0.2, 0) is 10.1 Å². The molecule has 0 atom stereocenters. The second kappa shape index (κ2) is 6.93. The van der Waals surface area contributed by atoms with Crippen LogP contribution in [-0.4, -0.2) is 13.0 Å². The fraction of sp³-hybridized carbons (Fsp3) is 0.647. The first-order valence-electron chi connectivity index (χ1n) is 8.00. The number of hydrogen-bond donors (Lipinski definition) is 1. The van der Waals surface area contributed by atoms with Gasteiger partial charge >= 0.3 is 0 Å². The molecule has 1 aromatic carbocycles. The molecule has 0 heterocycles. The number of rotatable bonds is 5. The number of unbranched alkanes of at least 4 members (excludes halogenated alkanes) is 1. The summed E-state index contributed by atoms with van der Waals surface area (Å²) < 4.78 is 32.6. The highest BCUT2D eigenvalue weighted by Crippen LogP contribution is 2.40. The minimum Gasteiger partial charge on any atom is -0.282 e. The second-order valence-corrected chi connectivity index (χ2v) is 7.77. The van der Waals surface area contributed by atoms with Crippen LogP contribution in [0, 0.1) is 12.8 Å². The fourth-order valence-corrected chi connectivity index (χ4v) is 4.24. The Balaban J connectivity index is 2.15. The van der Waals surface area contributed by atoms with Gasteiger partial charge in [0.1, 0.15) is 0 Å².